The molecule has 2 aromatic rings. The minimum absolute atomic E-state index is 0.113. The molecule has 0 bridgehead atoms. The van der Waals surface area contributed by atoms with Gasteiger partial charge in [0.25, 0.3) is 5.56 Å². The predicted octanol–water partition coefficient (Wildman–Crippen LogP) is 1.76. The van der Waals surface area contributed by atoms with Gasteiger partial charge >= 0.3 is 0 Å². The molecule has 1 aliphatic heterocycles. The van der Waals surface area contributed by atoms with Crippen molar-refractivity contribution >= 4 is 17.0 Å². The van der Waals surface area contributed by atoms with E-state index in [9.17, 15) is 4.79 Å². The van der Waals surface area contributed by atoms with Gasteiger partial charge in [0.05, 0.1) is 5.69 Å². The number of hydrogen-bond acceptors (Lipinski definition) is 4. The van der Waals surface area contributed by atoms with Crippen LogP contribution in [0.4, 0.5) is 5.82 Å². The Labute approximate surface area is 111 Å². The molecular formula is C13H19N5O. The topological polar surface area (TPSA) is 77.7 Å². The maximum atomic E-state index is 12.2. The molecule has 2 aromatic heterocycles. The van der Waals surface area contributed by atoms with E-state index in [1.807, 2.05) is 0 Å². The molecule has 1 aliphatic rings. The summed E-state index contributed by atoms with van der Waals surface area (Å²) in [7, 11) is 0. The van der Waals surface area contributed by atoms with Gasteiger partial charge < -0.3 is 9.88 Å². The summed E-state index contributed by atoms with van der Waals surface area (Å²) in [6.45, 7) is 5.93. The summed E-state index contributed by atoms with van der Waals surface area (Å²) >= 11 is 0. The summed E-state index contributed by atoms with van der Waals surface area (Å²) in [6, 6.07) is 0. The minimum atomic E-state index is -0.113. The highest BCUT2D eigenvalue weighted by Gasteiger charge is 2.19. The lowest BCUT2D eigenvalue weighted by molar-refractivity contribution is 0.572. The maximum Gasteiger partial charge on any atom is 0.291 e. The molecule has 0 aliphatic carbocycles. The van der Waals surface area contributed by atoms with Gasteiger partial charge in [-0.15, -0.1) is 0 Å². The first kappa shape index (κ1) is 12.2. The first-order valence-electron chi connectivity index (χ1n) is 6.90. The molecule has 0 spiro atoms. The van der Waals surface area contributed by atoms with Gasteiger partial charge in [0.1, 0.15) is 5.52 Å². The summed E-state index contributed by atoms with van der Waals surface area (Å²) in [5.41, 5.74) is 2.16. The Morgan fingerprint density at radius 1 is 1.21 bits per heavy atom. The highest BCUT2D eigenvalue weighted by atomic mass is 16.1. The van der Waals surface area contributed by atoms with Gasteiger partial charge in [-0.05, 0) is 25.2 Å². The van der Waals surface area contributed by atoms with Crippen LogP contribution < -0.4 is 10.5 Å². The molecule has 102 valence electrons. The third kappa shape index (κ3) is 2.11. The Morgan fingerprint density at radius 3 is 2.63 bits per heavy atom. The van der Waals surface area contributed by atoms with Crippen molar-refractivity contribution in [2.45, 2.75) is 39.0 Å². The number of nitrogens with one attached hydrogen (secondary N) is 2. The number of anilines is 1. The number of aromatic amines is 2. The molecule has 1 fully saturated rings. The van der Waals surface area contributed by atoms with E-state index in [0.29, 0.717) is 11.5 Å². The monoisotopic (exact) mass is 261 g/mol. The third-order valence-corrected chi connectivity index (χ3v) is 3.66. The lowest BCUT2D eigenvalue weighted by Gasteiger charge is -2.26. The molecule has 0 aromatic carbocycles. The molecule has 0 amide bonds. The average Bonchev–Trinajstić information content (AvgIpc) is 2.81. The zero-order valence-electron chi connectivity index (χ0n) is 11.4. The fourth-order valence-corrected chi connectivity index (χ4v) is 2.61. The summed E-state index contributed by atoms with van der Waals surface area (Å²) in [6.07, 6.45) is 3.48. The molecule has 0 atom stereocenters. The van der Waals surface area contributed by atoms with E-state index in [0.717, 1.165) is 37.1 Å². The quantitative estimate of drug-likeness (QED) is 0.863. The van der Waals surface area contributed by atoms with Crippen LogP contribution in [-0.2, 0) is 0 Å². The summed E-state index contributed by atoms with van der Waals surface area (Å²) in [5.74, 6) is 0.789. The van der Waals surface area contributed by atoms with Crippen molar-refractivity contribution in [1.82, 2.24) is 20.2 Å². The van der Waals surface area contributed by atoms with Crippen molar-refractivity contribution in [3.63, 3.8) is 0 Å². The molecule has 6 heteroatoms. The molecular weight excluding hydrogens is 242 g/mol. The summed E-state index contributed by atoms with van der Waals surface area (Å²) < 4.78 is 0. The van der Waals surface area contributed by atoms with E-state index in [4.69, 9.17) is 0 Å². The van der Waals surface area contributed by atoms with E-state index in [1.165, 1.54) is 6.42 Å². The van der Waals surface area contributed by atoms with Gasteiger partial charge in [-0.2, -0.15) is 5.10 Å². The van der Waals surface area contributed by atoms with Crippen LogP contribution in [0.25, 0.3) is 11.2 Å². The van der Waals surface area contributed by atoms with E-state index < -0.39 is 0 Å². The highest BCUT2D eigenvalue weighted by Crippen LogP contribution is 2.21. The number of nitrogens with zero attached hydrogens (tertiary/aromatic N) is 3. The van der Waals surface area contributed by atoms with Crippen molar-refractivity contribution in [2.75, 3.05) is 18.0 Å². The fourth-order valence-electron chi connectivity index (χ4n) is 2.61. The Morgan fingerprint density at radius 2 is 1.95 bits per heavy atom. The van der Waals surface area contributed by atoms with Crippen molar-refractivity contribution in [1.29, 1.82) is 0 Å². The number of piperidine rings is 1. The molecule has 19 heavy (non-hydrogen) atoms. The van der Waals surface area contributed by atoms with Crippen LogP contribution in [0.1, 0.15) is 44.7 Å². The van der Waals surface area contributed by atoms with Gasteiger partial charge in [0, 0.05) is 13.1 Å². The number of aromatic nitrogens is 4. The molecule has 2 N–H and O–H groups in total. The second-order valence-corrected chi connectivity index (χ2v) is 5.43. The molecule has 0 saturated carbocycles. The van der Waals surface area contributed by atoms with Crippen LogP contribution in [0.2, 0.25) is 0 Å². The average molecular weight is 261 g/mol. The Balaban J connectivity index is 2.07. The normalized spacial score (nSPS) is 16.5. The summed E-state index contributed by atoms with van der Waals surface area (Å²) in [4.78, 5) is 21.6. The zero-order valence-corrected chi connectivity index (χ0v) is 11.4. The van der Waals surface area contributed by atoms with Crippen molar-refractivity contribution < 1.29 is 0 Å². The van der Waals surface area contributed by atoms with Gasteiger partial charge in [-0.1, -0.05) is 13.8 Å². The van der Waals surface area contributed by atoms with Crippen LogP contribution in [0, 0.1) is 0 Å². The third-order valence-electron chi connectivity index (χ3n) is 3.66. The first-order chi connectivity index (χ1) is 9.16. The van der Waals surface area contributed by atoms with Crippen LogP contribution in [0.3, 0.4) is 0 Å². The Bertz CT molecular complexity index is 636. The Kier molecular flexibility index (Phi) is 3.00. The van der Waals surface area contributed by atoms with E-state index in [1.54, 1.807) is 0 Å². The number of H-pyrrole nitrogens is 2. The van der Waals surface area contributed by atoms with Crippen LogP contribution >= 0.6 is 0 Å². The molecule has 0 radical (unpaired) electrons. The molecule has 1 saturated heterocycles. The zero-order chi connectivity index (χ0) is 13.4. The van der Waals surface area contributed by atoms with Crippen molar-refractivity contribution in [3.8, 4) is 0 Å². The predicted molar refractivity (Wildman–Crippen MR) is 74.7 cm³/mol. The molecule has 6 nitrogen and oxygen atoms in total. The largest absolute Gasteiger partial charge is 0.352 e. The second kappa shape index (κ2) is 4.68. The smallest absolute Gasteiger partial charge is 0.291 e. The van der Waals surface area contributed by atoms with Crippen LogP contribution in [-0.4, -0.2) is 33.3 Å². The molecule has 0 unspecified atom stereocenters. The number of hydrogen-bond donors (Lipinski definition) is 2. The lowest BCUT2D eigenvalue weighted by atomic mass is 10.1. The van der Waals surface area contributed by atoms with Gasteiger partial charge in [0.2, 0.25) is 0 Å². The van der Waals surface area contributed by atoms with Crippen LogP contribution in [0.15, 0.2) is 4.79 Å². The standard InChI is InChI=1S/C13H19N5O/c1-8(2)9-10-11(17-16-9)15-12(13(19)14-10)18-6-4-3-5-7-18/h8H,3-7H2,1-2H3,(H,14,19)(H,15,16,17). The minimum Gasteiger partial charge on any atom is -0.352 e. The van der Waals surface area contributed by atoms with E-state index >= 15 is 0 Å². The van der Waals surface area contributed by atoms with Gasteiger partial charge in [-0.25, -0.2) is 4.98 Å². The molecule has 3 rings (SSSR count). The SMILES string of the molecule is CC(C)c1[nH]nc2nc(N3CCCCC3)c(=O)[nH]c12. The van der Waals surface area contributed by atoms with Crippen LogP contribution in [0.5, 0.6) is 0 Å². The maximum absolute atomic E-state index is 12.2. The molecule has 3 heterocycles. The Hall–Kier alpha value is -1.85. The van der Waals surface area contributed by atoms with Crippen molar-refractivity contribution in [3.05, 3.63) is 16.0 Å². The fraction of sp³-hybridized carbons (Fsp3) is 0.615. The van der Waals surface area contributed by atoms with Gasteiger partial charge in [-0.3, -0.25) is 9.89 Å². The number of fused-ring (bicyclic) bond motifs is 1. The first-order valence-corrected chi connectivity index (χ1v) is 6.90. The number of rotatable bonds is 2. The summed E-state index contributed by atoms with van der Waals surface area (Å²) in [5, 5.41) is 7.17. The highest BCUT2D eigenvalue weighted by molar-refractivity contribution is 5.74. The van der Waals surface area contributed by atoms with E-state index in [2.05, 4.69) is 38.9 Å². The van der Waals surface area contributed by atoms with Crippen molar-refractivity contribution in [2.24, 2.45) is 0 Å². The lowest BCUT2D eigenvalue weighted by Crippen LogP contribution is -2.34. The van der Waals surface area contributed by atoms with Gasteiger partial charge in [0.15, 0.2) is 11.5 Å². The second-order valence-electron chi connectivity index (χ2n) is 5.43. The van der Waals surface area contributed by atoms with E-state index in [-0.39, 0.29) is 11.5 Å².